The molecule has 1 nitrogen and oxygen atoms in total. The SMILES string of the molecule is CCC(C)[NH+](Cc1ccccc1)C(C)CC.[Cl-]. The normalized spacial score (nSPS) is 15.8. The Bertz CT molecular complexity index is 276. The van der Waals surface area contributed by atoms with Crippen molar-refractivity contribution in [3.05, 3.63) is 35.9 Å². The molecule has 0 saturated carbocycles. The van der Waals surface area contributed by atoms with Gasteiger partial charge in [0.15, 0.2) is 0 Å². The quantitative estimate of drug-likeness (QED) is 0.711. The second-order valence-electron chi connectivity index (χ2n) is 4.86. The summed E-state index contributed by atoms with van der Waals surface area (Å²) in [5.41, 5.74) is 1.46. The van der Waals surface area contributed by atoms with Crippen LogP contribution in [0, 0.1) is 0 Å². The molecule has 0 aromatic heterocycles. The molecular formula is C15H26ClN. The Balaban J connectivity index is 0.00000256. The molecule has 0 amide bonds. The predicted molar refractivity (Wildman–Crippen MR) is 70.6 cm³/mol. The Hall–Kier alpha value is -0.530. The maximum atomic E-state index is 2.37. The third kappa shape index (κ3) is 5.10. The maximum Gasteiger partial charge on any atom is 0.103 e. The van der Waals surface area contributed by atoms with Gasteiger partial charge in [0.2, 0.25) is 0 Å². The Morgan fingerprint density at radius 2 is 1.41 bits per heavy atom. The molecule has 1 aromatic rings. The molecule has 1 aromatic carbocycles. The van der Waals surface area contributed by atoms with Gasteiger partial charge in [-0.2, -0.15) is 0 Å². The van der Waals surface area contributed by atoms with Crippen molar-refractivity contribution in [2.24, 2.45) is 0 Å². The highest BCUT2D eigenvalue weighted by Gasteiger charge is 2.21. The number of hydrogen-bond donors (Lipinski definition) is 1. The Morgan fingerprint density at radius 1 is 0.941 bits per heavy atom. The van der Waals surface area contributed by atoms with E-state index in [0.29, 0.717) is 0 Å². The van der Waals surface area contributed by atoms with Crippen molar-refractivity contribution in [2.75, 3.05) is 0 Å². The van der Waals surface area contributed by atoms with Crippen molar-refractivity contribution >= 4 is 0 Å². The number of rotatable bonds is 6. The summed E-state index contributed by atoms with van der Waals surface area (Å²) >= 11 is 0. The third-order valence-corrected chi connectivity index (χ3v) is 3.74. The largest absolute Gasteiger partial charge is 1.00 e. The lowest BCUT2D eigenvalue weighted by Crippen LogP contribution is -3.17. The number of nitrogens with one attached hydrogen (secondary N) is 1. The van der Waals surface area contributed by atoms with Crippen molar-refractivity contribution < 1.29 is 17.3 Å². The number of quaternary nitrogens is 1. The van der Waals surface area contributed by atoms with Crippen molar-refractivity contribution in [2.45, 2.75) is 59.2 Å². The van der Waals surface area contributed by atoms with Gasteiger partial charge in [0.05, 0.1) is 12.1 Å². The van der Waals surface area contributed by atoms with E-state index >= 15 is 0 Å². The first-order chi connectivity index (χ1) is 7.69. The molecule has 2 heteroatoms. The van der Waals surface area contributed by atoms with E-state index in [1.807, 2.05) is 0 Å². The summed E-state index contributed by atoms with van der Waals surface area (Å²) in [4.78, 5) is 1.72. The fourth-order valence-electron chi connectivity index (χ4n) is 2.19. The summed E-state index contributed by atoms with van der Waals surface area (Å²) in [5, 5.41) is 0. The van der Waals surface area contributed by atoms with E-state index in [2.05, 4.69) is 58.0 Å². The molecule has 2 unspecified atom stereocenters. The lowest BCUT2D eigenvalue weighted by molar-refractivity contribution is -0.959. The summed E-state index contributed by atoms with van der Waals surface area (Å²) in [7, 11) is 0. The van der Waals surface area contributed by atoms with Crippen LogP contribution in [0.25, 0.3) is 0 Å². The van der Waals surface area contributed by atoms with Gasteiger partial charge < -0.3 is 17.3 Å². The van der Waals surface area contributed by atoms with E-state index in [4.69, 9.17) is 0 Å². The van der Waals surface area contributed by atoms with E-state index < -0.39 is 0 Å². The second kappa shape index (κ2) is 8.54. The molecule has 1 rings (SSSR count). The molecule has 0 aliphatic heterocycles. The van der Waals surface area contributed by atoms with E-state index in [1.54, 1.807) is 4.90 Å². The molecule has 0 spiro atoms. The average molecular weight is 256 g/mol. The molecular weight excluding hydrogens is 230 g/mol. The molecule has 0 saturated heterocycles. The van der Waals surface area contributed by atoms with Crippen molar-refractivity contribution in [1.82, 2.24) is 0 Å². The van der Waals surface area contributed by atoms with Gasteiger partial charge in [0, 0.05) is 5.56 Å². The molecule has 0 bridgehead atoms. The smallest absolute Gasteiger partial charge is 0.103 e. The molecule has 1 N–H and O–H groups in total. The zero-order valence-corrected chi connectivity index (χ0v) is 12.3. The molecule has 17 heavy (non-hydrogen) atoms. The molecule has 0 aliphatic rings. The van der Waals surface area contributed by atoms with Gasteiger partial charge in [-0.15, -0.1) is 0 Å². The van der Waals surface area contributed by atoms with E-state index in [1.165, 1.54) is 18.4 Å². The monoisotopic (exact) mass is 255 g/mol. The highest BCUT2D eigenvalue weighted by Crippen LogP contribution is 1.98. The zero-order chi connectivity index (χ0) is 12.0. The van der Waals surface area contributed by atoms with Crippen LogP contribution in [0.3, 0.4) is 0 Å². The minimum Gasteiger partial charge on any atom is -1.00 e. The van der Waals surface area contributed by atoms with Crippen LogP contribution in [0.15, 0.2) is 30.3 Å². The van der Waals surface area contributed by atoms with Gasteiger partial charge in [0.1, 0.15) is 6.54 Å². The van der Waals surface area contributed by atoms with Crippen molar-refractivity contribution in [3.63, 3.8) is 0 Å². The molecule has 0 heterocycles. The predicted octanol–water partition coefficient (Wildman–Crippen LogP) is -0.327. The molecule has 0 fully saturated rings. The summed E-state index contributed by atoms with van der Waals surface area (Å²) in [6, 6.07) is 12.3. The lowest BCUT2D eigenvalue weighted by atomic mass is 10.1. The summed E-state index contributed by atoms with van der Waals surface area (Å²) in [6.07, 6.45) is 2.51. The zero-order valence-electron chi connectivity index (χ0n) is 11.5. The standard InChI is InChI=1S/C15H25N.ClH/c1-5-13(3)16(14(4)6-2)12-15-10-8-7-9-11-15;/h7-11,13-14H,5-6,12H2,1-4H3;1H. The fourth-order valence-corrected chi connectivity index (χ4v) is 2.19. The minimum atomic E-state index is 0. The van der Waals surface area contributed by atoms with Crippen LogP contribution in [-0.2, 0) is 6.54 Å². The van der Waals surface area contributed by atoms with Crippen LogP contribution >= 0.6 is 0 Å². The van der Waals surface area contributed by atoms with Gasteiger partial charge in [-0.3, -0.25) is 0 Å². The first-order valence-electron chi connectivity index (χ1n) is 6.58. The van der Waals surface area contributed by atoms with E-state index in [-0.39, 0.29) is 12.4 Å². The second-order valence-corrected chi connectivity index (χ2v) is 4.86. The first-order valence-corrected chi connectivity index (χ1v) is 6.58. The molecule has 98 valence electrons. The number of halogens is 1. The average Bonchev–Trinajstić information content (AvgIpc) is 2.35. The number of benzene rings is 1. The molecule has 0 aliphatic carbocycles. The highest BCUT2D eigenvalue weighted by atomic mass is 35.5. The fraction of sp³-hybridized carbons (Fsp3) is 0.600. The van der Waals surface area contributed by atoms with Crippen LogP contribution in [0.5, 0.6) is 0 Å². The van der Waals surface area contributed by atoms with Gasteiger partial charge in [-0.1, -0.05) is 44.2 Å². The Labute approximate surface area is 113 Å². The molecule has 2 atom stereocenters. The summed E-state index contributed by atoms with van der Waals surface area (Å²) < 4.78 is 0. The summed E-state index contributed by atoms with van der Waals surface area (Å²) in [5.74, 6) is 0. The summed E-state index contributed by atoms with van der Waals surface area (Å²) in [6.45, 7) is 10.5. The lowest BCUT2D eigenvalue weighted by Gasteiger charge is -2.30. The molecule has 0 radical (unpaired) electrons. The van der Waals surface area contributed by atoms with Gasteiger partial charge >= 0.3 is 0 Å². The van der Waals surface area contributed by atoms with Crippen molar-refractivity contribution in [3.8, 4) is 0 Å². The van der Waals surface area contributed by atoms with Crippen LogP contribution in [0.4, 0.5) is 0 Å². The van der Waals surface area contributed by atoms with Crippen LogP contribution in [0.1, 0.15) is 46.1 Å². The van der Waals surface area contributed by atoms with Gasteiger partial charge in [-0.25, -0.2) is 0 Å². The Morgan fingerprint density at radius 3 is 1.82 bits per heavy atom. The maximum absolute atomic E-state index is 2.37. The van der Waals surface area contributed by atoms with Crippen LogP contribution in [-0.4, -0.2) is 12.1 Å². The third-order valence-electron chi connectivity index (χ3n) is 3.74. The Kier molecular flexibility index (Phi) is 8.28. The van der Waals surface area contributed by atoms with E-state index in [0.717, 1.165) is 18.6 Å². The van der Waals surface area contributed by atoms with Gasteiger partial charge in [-0.05, 0) is 26.7 Å². The first kappa shape index (κ1) is 16.5. The van der Waals surface area contributed by atoms with Crippen LogP contribution < -0.4 is 17.3 Å². The van der Waals surface area contributed by atoms with Crippen LogP contribution in [0.2, 0.25) is 0 Å². The van der Waals surface area contributed by atoms with Gasteiger partial charge in [0.25, 0.3) is 0 Å². The highest BCUT2D eigenvalue weighted by molar-refractivity contribution is 5.13. The minimum absolute atomic E-state index is 0. The topological polar surface area (TPSA) is 4.44 Å². The van der Waals surface area contributed by atoms with Crippen molar-refractivity contribution in [1.29, 1.82) is 0 Å². The number of hydrogen-bond acceptors (Lipinski definition) is 0. The van der Waals surface area contributed by atoms with E-state index in [9.17, 15) is 0 Å².